The van der Waals surface area contributed by atoms with E-state index in [1.165, 1.54) is 27.8 Å². The van der Waals surface area contributed by atoms with Crippen LogP contribution in [0.4, 0.5) is 19.0 Å². The number of likely N-dealkylation sites (N-methyl/N-ethyl adjacent to an activating group) is 1. The van der Waals surface area contributed by atoms with Gasteiger partial charge in [-0.05, 0) is 44.2 Å². The van der Waals surface area contributed by atoms with E-state index in [4.69, 9.17) is 0 Å². The SMILES string of the molecule is CCN(C(=O)CNC(=O)c1cccc(C(F)(F)F)c1)c1c(C)cnn1-c1cccc(O)c1. The Bertz CT molecular complexity index is 1140. The number of nitrogens with one attached hydrogen (secondary N) is 1. The minimum Gasteiger partial charge on any atom is -0.508 e. The molecule has 2 amide bonds. The van der Waals surface area contributed by atoms with Gasteiger partial charge in [0, 0.05) is 23.7 Å². The molecule has 0 radical (unpaired) electrons. The average Bonchev–Trinajstić information content (AvgIpc) is 3.13. The van der Waals surface area contributed by atoms with Gasteiger partial charge in [-0.25, -0.2) is 4.68 Å². The van der Waals surface area contributed by atoms with Gasteiger partial charge in [-0.15, -0.1) is 0 Å². The number of hydrogen-bond acceptors (Lipinski definition) is 4. The van der Waals surface area contributed by atoms with Gasteiger partial charge in [0.05, 0.1) is 24.0 Å². The summed E-state index contributed by atoms with van der Waals surface area (Å²) in [5, 5.41) is 16.4. The summed E-state index contributed by atoms with van der Waals surface area (Å²) in [6, 6.07) is 10.3. The van der Waals surface area contributed by atoms with E-state index in [2.05, 4.69) is 10.4 Å². The van der Waals surface area contributed by atoms with Crippen LogP contribution in [-0.2, 0) is 11.0 Å². The summed E-state index contributed by atoms with van der Waals surface area (Å²) >= 11 is 0. The Morgan fingerprint density at radius 1 is 1.16 bits per heavy atom. The maximum Gasteiger partial charge on any atom is 0.416 e. The van der Waals surface area contributed by atoms with Crippen LogP contribution >= 0.6 is 0 Å². The minimum atomic E-state index is -4.58. The summed E-state index contributed by atoms with van der Waals surface area (Å²) in [6.07, 6.45) is -3.01. The first kappa shape index (κ1) is 22.9. The molecule has 0 saturated heterocycles. The number of halogens is 3. The second kappa shape index (κ2) is 9.13. The zero-order valence-electron chi connectivity index (χ0n) is 17.3. The number of hydrogen-bond donors (Lipinski definition) is 2. The van der Waals surface area contributed by atoms with Crippen molar-refractivity contribution in [2.75, 3.05) is 18.0 Å². The van der Waals surface area contributed by atoms with Crippen LogP contribution < -0.4 is 10.2 Å². The number of benzene rings is 2. The summed E-state index contributed by atoms with van der Waals surface area (Å²) in [5.41, 5.74) is 0.0778. The summed E-state index contributed by atoms with van der Waals surface area (Å²) in [6.45, 7) is 3.34. The van der Waals surface area contributed by atoms with Gasteiger partial charge in [0.25, 0.3) is 5.91 Å². The molecule has 0 aliphatic heterocycles. The van der Waals surface area contributed by atoms with E-state index in [9.17, 15) is 27.9 Å². The molecule has 0 spiro atoms. The molecule has 2 N–H and O–H groups in total. The van der Waals surface area contributed by atoms with Gasteiger partial charge in [0.1, 0.15) is 11.6 Å². The van der Waals surface area contributed by atoms with E-state index in [0.717, 1.165) is 18.2 Å². The Kier molecular flexibility index (Phi) is 6.52. The summed E-state index contributed by atoms with van der Waals surface area (Å²) in [7, 11) is 0. The lowest BCUT2D eigenvalue weighted by Crippen LogP contribution is -2.41. The van der Waals surface area contributed by atoms with Crippen molar-refractivity contribution in [3.63, 3.8) is 0 Å². The maximum absolute atomic E-state index is 12.9. The van der Waals surface area contributed by atoms with Gasteiger partial charge < -0.3 is 10.4 Å². The van der Waals surface area contributed by atoms with Gasteiger partial charge in [-0.3, -0.25) is 14.5 Å². The molecule has 3 rings (SSSR count). The number of rotatable bonds is 6. The number of anilines is 1. The van der Waals surface area contributed by atoms with Crippen molar-refractivity contribution in [2.45, 2.75) is 20.0 Å². The van der Waals surface area contributed by atoms with E-state index in [-0.39, 0.29) is 17.9 Å². The largest absolute Gasteiger partial charge is 0.508 e. The predicted octanol–water partition coefficient (Wildman–Crippen LogP) is 3.69. The molecule has 10 heteroatoms. The Balaban J connectivity index is 1.78. The van der Waals surface area contributed by atoms with Crippen molar-refractivity contribution in [1.82, 2.24) is 15.1 Å². The highest BCUT2D eigenvalue weighted by molar-refractivity contribution is 6.00. The average molecular weight is 446 g/mol. The molecule has 32 heavy (non-hydrogen) atoms. The topological polar surface area (TPSA) is 87.5 Å². The molecule has 0 atom stereocenters. The quantitative estimate of drug-likeness (QED) is 0.605. The first-order valence-electron chi connectivity index (χ1n) is 9.71. The molecule has 0 bridgehead atoms. The zero-order chi connectivity index (χ0) is 23.5. The highest BCUT2D eigenvalue weighted by Gasteiger charge is 2.31. The van der Waals surface area contributed by atoms with Gasteiger partial charge in [-0.2, -0.15) is 18.3 Å². The smallest absolute Gasteiger partial charge is 0.416 e. The lowest BCUT2D eigenvalue weighted by molar-refractivity contribution is -0.137. The predicted molar refractivity (Wildman–Crippen MR) is 112 cm³/mol. The fourth-order valence-corrected chi connectivity index (χ4v) is 3.20. The molecule has 0 fully saturated rings. The van der Waals surface area contributed by atoms with Crippen molar-refractivity contribution in [3.8, 4) is 11.4 Å². The molecule has 0 saturated carbocycles. The molecule has 0 aliphatic rings. The fourth-order valence-electron chi connectivity index (χ4n) is 3.20. The van der Waals surface area contributed by atoms with Crippen LogP contribution in [-0.4, -0.2) is 39.8 Å². The highest BCUT2D eigenvalue weighted by atomic mass is 19.4. The van der Waals surface area contributed by atoms with E-state index < -0.39 is 30.1 Å². The van der Waals surface area contributed by atoms with Gasteiger partial charge in [0.2, 0.25) is 5.91 Å². The molecule has 1 aromatic heterocycles. The van der Waals surface area contributed by atoms with Crippen molar-refractivity contribution in [2.24, 2.45) is 0 Å². The standard InChI is InChI=1S/C22H21F3N4O3/c1-3-28(21-14(2)12-27-29(21)17-8-5-9-18(30)11-17)19(31)13-26-20(32)15-6-4-7-16(10-15)22(23,24)25/h4-12,30H,3,13H2,1-2H3,(H,26,32). The Labute approximate surface area is 182 Å². The molecule has 0 aliphatic carbocycles. The van der Waals surface area contributed by atoms with Crippen LogP contribution in [0.2, 0.25) is 0 Å². The van der Waals surface area contributed by atoms with Crippen LogP contribution in [0.5, 0.6) is 5.75 Å². The molecular formula is C22H21F3N4O3. The molecule has 0 unspecified atom stereocenters. The number of phenolic OH excluding ortho intramolecular Hbond substituents is 1. The number of carbonyl (C=O) groups excluding carboxylic acids is 2. The summed E-state index contributed by atoms with van der Waals surface area (Å²) < 4.78 is 40.1. The number of alkyl halides is 3. The molecule has 2 aromatic carbocycles. The van der Waals surface area contributed by atoms with Crippen molar-refractivity contribution in [1.29, 1.82) is 0 Å². The number of nitrogens with zero attached hydrogens (tertiary/aromatic N) is 3. The molecule has 3 aromatic rings. The summed E-state index contributed by atoms with van der Waals surface area (Å²) in [5.74, 6) is -0.780. The van der Waals surface area contributed by atoms with E-state index >= 15 is 0 Å². The minimum absolute atomic E-state index is 0.0318. The molecular weight excluding hydrogens is 425 g/mol. The Morgan fingerprint density at radius 3 is 2.53 bits per heavy atom. The number of amides is 2. The number of carbonyl (C=O) groups is 2. The third-order valence-corrected chi connectivity index (χ3v) is 4.72. The molecule has 1 heterocycles. The number of phenols is 1. The Hall–Kier alpha value is -3.82. The van der Waals surface area contributed by atoms with Crippen molar-refractivity contribution in [3.05, 3.63) is 71.4 Å². The maximum atomic E-state index is 12.9. The molecule has 7 nitrogen and oxygen atoms in total. The third kappa shape index (κ3) is 4.90. The van der Waals surface area contributed by atoms with Gasteiger partial charge in [0.15, 0.2) is 0 Å². The highest BCUT2D eigenvalue weighted by Crippen LogP contribution is 2.29. The van der Waals surface area contributed by atoms with Crippen molar-refractivity contribution >= 4 is 17.6 Å². The molecule has 168 valence electrons. The number of aromatic nitrogens is 2. The first-order valence-corrected chi connectivity index (χ1v) is 9.71. The van der Waals surface area contributed by atoms with Crippen molar-refractivity contribution < 1.29 is 27.9 Å². The number of aryl methyl sites for hydroxylation is 1. The fraction of sp³-hybridized carbons (Fsp3) is 0.227. The number of aromatic hydroxyl groups is 1. The first-order chi connectivity index (χ1) is 15.1. The van der Waals surface area contributed by atoms with Crippen LogP contribution in [0.1, 0.15) is 28.4 Å². The van der Waals surface area contributed by atoms with Crippen LogP contribution in [0.25, 0.3) is 5.69 Å². The van der Waals surface area contributed by atoms with E-state index in [1.807, 2.05) is 0 Å². The third-order valence-electron chi connectivity index (χ3n) is 4.72. The van der Waals surface area contributed by atoms with Crippen LogP contribution in [0.3, 0.4) is 0 Å². The van der Waals surface area contributed by atoms with E-state index in [0.29, 0.717) is 17.1 Å². The van der Waals surface area contributed by atoms with Gasteiger partial charge in [-0.1, -0.05) is 12.1 Å². The zero-order valence-corrected chi connectivity index (χ0v) is 17.3. The lowest BCUT2D eigenvalue weighted by atomic mass is 10.1. The second-order valence-corrected chi connectivity index (χ2v) is 6.98. The summed E-state index contributed by atoms with van der Waals surface area (Å²) in [4.78, 5) is 26.6. The van der Waals surface area contributed by atoms with Crippen LogP contribution in [0.15, 0.2) is 54.7 Å². The Morgan fingerprint density at radius 2 is 1.88 bits per heavy atom. The van der Waals surface area contributed by atoms with Gasteiger partial charge >= 0.3 is 6.18 Å². The van der Waals surface area contributed by atoms with E-state index in [1.54, 1.807) is 32.2 Å². The monoisotopic (exact) mass is 446 g/mol. The lowest BCUT2D eigenvalue weighted by Gasteiger charge is -2.23. The second-order valence-electron chi connectivity index (χ2n) is 6.98. The van der Waals surface area contributed by atoms with Crippen LogP contribution in [0, 0.1) is 6.92 Å². The normalized spacial score (nSPS) is 11.3.